The molecule has 0 saturated heterocycles. The number of benzene rings is 2. The molecule has 0 amide bonds. The van der Waals surface area contributed by atoms with E-state index in [2.05, 4.69) is 22.1 Å². The third kappa shape index (κ3) is 4.31. The van der Waals surface area contributed by atoms with Gasteiger partial charge in [-0.3, -0.25) is 4.90 Å². The number of nitrogen functional groups attached to an aromatic ring is 1. The first-order chi connectivity index (χ1) is 12.9. The number of guanidine groups is 2. The van der Waals surface area contributed by atoms with E-state index in [0.717, 1.165) is 18.5 Å². The van der Waals surface area contributed by atoms with Gasteiger partial charge in [-0.25, -0.2) is 4.99 Å². The Balaban J connectivity index is 1.65. The fourth-order valence-corrected chi connectivity index (χ4v) is 3.16. The largest absolute Gasteiger partial charge is 0.491 e. The van der Waals surface area contributed by atoms with E-state index in [9.17, 15) is 0 Å². The Morgan fingerprint density at radius 1 is 1.04 bits per heavy atom. The molecule has 1 aliphatic rings. The van der Waals surface area contributed by atoms with E-state index < -0.39 is 5.66 Å². The predicted molar refractivity (Wildman–Crippen MR) is 111 cm³/mol. The lowest BCUT2D eigenvalue weighted by atomic mass is 10.1. The van der Waals surface area contributed by atoms with Crippen LogP contribution in [0.2, 0.25) is 0 Å². The molecule has 7 heteroatoms. The lowest BCUT2D eigenvalue weighted by Crippen LogP contribution is -2.54. The number of hydrogen-bond acceptors (Lipinski definition) is 7. The molecule has 3 rings (SSSR count). The topological polar surface area (TPSA) is 115 Å². The summed E-state index contributed by atoms with van der Waals surface area (Å²) in [6.07, 6.45) is 1.88. The fraction of sp³-hybridized carbons (Fsp3) is 0.300. The number of ether oxygens (including phenoxy) is 1. The van der Waals surface area contributed by atoms with E-state index in [1.165, 1.54) is 5.56 Å². The van der Waals surface area contributed by atoms with Gasteiger partial charge >= 0.3 is 0 Å². The van der Waals surface area contributed by atoms with Gasteiger partial charge in [0.1, 0.15) is 11.4 Å². The fourth-order valence-electron chi connectivity index (χ4n) is 3.16. The normalized spacial score (nSPS) is 15.9. The maximum Gasteiger partial charge on any atom is 0.220 e. The highest BCUT2D eigenvalue weighted by Crippen LogP contribution is 2.32. The van der Waals surface area contributed by atoms with Crippen LogP contribution in [0.15, 0.2) is 58.5 Å². The van der Waals surface area contributed by atoms with E-state index in [-0.39, 0.29) is 11.9 Å². The SMILES string of the molecule is CC1(C)N=C(N)N=C(N)N1c1ccc(OCCCc2ccccc2)c(N)c1. The van der Waals surface area contributed by atoms with Crippen LogP contribution in [0, 0.1) is 0 Å². The van der Waals surface area contributed by atoms with Crippen molar-refractivity contribution in [3.63, 3.8) is 0 Å². The molecule has 7 nitrogen and oxygen atoms in total. The number of aryl methyl sites for hydroxylation is 1. The Kier molecular flexibility index (Phi) is 5.21. The summed E-state index contributed by atoms with van der Waals surface area (Å²) in [5.41, 5.74) is 19.9. The molecule has 142 valence electrons. The lowest BCUT2D eigenvalue weighted by Gasteiger charge is -2.38. The van der Waals surface area contributed by atoms with Crippen LogP contribution >= 0.6 is 0 Å². The van der Waals surface area contributed by atoms with Crippen molar-refractivity contribution in [1.82, 2.24) is 0 Å². The van der Waals surface area contributed by atoms with Crippen molar-refractivity contribution in [3.8, 4) is 5.75 Å². The molecular weight excluding hydrogens is 340 g/mol. The molecule has 0 atom stereocenters. The second kappa shape index (κ2) is 7.57. The zero-order chi connectivity index (χ0) is 19.4. The van der Waals surface area contributed by atoms with Crippen LogP contribution in [-0.2, 0) is 6.42 Å². The molecule has 0 fully saturated rings. The monoisotopic (exact) mass is 366 g/mol. The number of rotatable bonds is 6. The van der Waals surface area contributed by atoms with Gasteiger partial charge in [0, 0.05) is 5.69 Å². The van der Waals surface area contributed by atoms with Crippen molar-refractivity contribution in [1.29, 1.82) is 0 Å². The smallest absolute Gasteiger partial charge is 0.220 e. The highest BCUT2D eigenvalue weighted by atomic mass is 16.5. The van der Waals surface area contributed by atoms with E-state index in [1.807, 2.05) is 50.2 Å². The van der Waals surface area contributed by atoms with Crippen molar-refractivity contribution in [2.24, 2.45) is 21.5 Å². The minimum absolute atomic E-state index is 0.167. The average molecular weight is 366 g/mol. The summed E-state index contributed by atoms with van der Waals surface area (Å²) < 4.78 is 5.84. The van der Waals surface area contributed by atoms with Gasteiger partial charge in [-0.15, -0.1) is 0 Å². The molecule has 0 radical (unpaired) electrons. The van der Waals surface area contributed by atoms with Gasteiger partial charge in [0.25, 0.3) is 0 Å². The Morgan fingerprint density at radius 3 is 2.44 bits per heavy atom. The molecule has 6 N–H and O–H groups in total. The molecule has 1 heterocycles. The summed E-state index contributed by atoms with van der Waals surface area (Å²) in [5.74, 6) is 1.10. The van der Waals surface area contributed by atoms with Crippen molar-refractivity contribution in [2.45, 2.75) is 32.4 Å². The summed E-state index contributed by atoms with van der Waals surface area (Å²) in [7, 11) is 0. The third-order valence-electron chi connectivity index (χ3n) is 4.36. The highest BCUT2D eigenvalue weighted by Gasteiger charge is 2.33. The Labute approximate surface area is 159 Å². The van der Waals surface area contributed by atoms with Crippen LogP contribution in [0.1, 0.15) is 25.8 Å². The predicted octanol–water partition coefficient (Wildman–Crippen LogP) is 2.47. The summed E-state index contributed by atoms with van der Waals surface area (Å²) >= 11 is 0. The summed E-state index contributed by atoms with van der Waals surface area (Å²) in [6.45, 7) is 4.41. The number of anilines is 2. The number of hydrogen-bond donors (Lipinski definition) is 3. The van der Waals surface area contributed by atoms with Gasteiger partial charge in [-0.05, 0) is 50.5 Å². The number of nitrogens with zero attached hydrogens (tertiary/aromatic N) is 3. The minimum Gasteiger partial charge on any atom is -0.491 e. The quantitative estimate of drug-likeness (QED) is 0.536. The maximum atomic E-state index is 6.19. The second-order valence-corrected chi connectivity index (χ2v) is 6.93. The highest BCUT2D eigenvalue weighted by molar-refractivity contribution is 6.05. The first kappa shape index (κ1) is 18.6. The van der Waals surface area contributed by atoms with E-state index >= 15 is 0 Å². The molecule has 0 saturated carbocycles. The lowest BCUT2D eigenvalue weighted by molar-refractivity contribution is 0.312. The van der Waals surface area contributed by atoms with Gasteiger partial charge in [-0.2, -0.15) is 4.99 Å². The van der Waals surface area contributed by atoms with Crippen LogP contribution in [0.4, 0.5) is 11.4 Å². The van der Waals surface area contributed by atoms with Gasteiger partial charge < -0.3 is 21.9 Å². The van der Waals surface area contributed by atoms with Gasteiger partial charge in [0.15, 0.2) is 0 Å². The molecule has 1 aliphatic heterocycles. The molecule has 2 aromatic rings. The first-order valence-corrected chi connectivity index (χ1v) is 8.93. The summed E-state index contributed by atoms with van der Waals surface area (Å²) in [6, 6.07) is 15.9. The van der Waals surface area contributed by atoms with Crippen molar-refractivity contribution < 1.29 is 4.74 Å². The molecule has 0 aliphatic carbocycles. The summed E-state index contributed by atoms with van der Waals surface area (Å²) in [5, 5.41) is 0. The van der Waals surface area contributed by atoms with Gasteiger partial charge in [0.2, 0.25) is 11.9 Å². The molecule has 0 spiro atoms. The van der Waals surface area contributed by atoms with Crippen LogP contribution < -0.4 is 26.8 Å². The van der Waals surface area contributed by atoms with Crippen LogP contribution in [0.25, 0.3) is 0 Å². The van der Waals surface area contributed by atoms with Crippen LogP contribution in [-0.4, -0.2) is 24.2 Å². The van der Waals surface area contributed by atoms with E-state index in [0.29, 0.717) is 18.0 Å². The summed E-state index contributed by atoms with van der Waals surface area (Å²) in [4.78, 5) is 10.2. The molecule has 2 aromatic carbocycles. The Hall–Kier alpha value is -3.22. The Morgan fingerprint density at radius 2 is 1.78 bits per heavy atom. The standard InChI is InChI=1S/C20H26N6O/c1-20(2)25-18(22)24-19(23)26(20)15-10-11-17(16(21)13-15)27-12-6-9-14-7-4-3-5-8-14/h3-5,7-8,10-11,13H,6,9,12,21H2,1-2H3,(H4,22,23,24,25). The van der Waals surface area contributed by atoms with Gasteiger partial charge in [0.05, 0.1) is 12.3 Å². The van der Waals surface area contributed by atoms with E-state index in [4.69, 9.17) is 21.9 Å². The van der Waals surface area contributed by atoms with Gasteiger partial charge in [-0.1, -0.05) is 30.3 Å². The van der Waals surface area contributed by atoms with Crippen molar-refractivity contribution >= 4 is 23.3 Å². The molecule has 0 bridgehead atoms. The number of aliphatic imine (C=N–C) groups is 2. The zero-order valence-corrected chi connectivity index (χ0v) is 15.7. The Bertz CT molecular complexity index is 860. The molecule has 27 heavy (non-hydrogen) atoms. The molecule has 0 unspecified atom stereocenters. The van der Waals surface area contributed by atoms with Crippen LogP contribution in [0.3, 0.4) is 0 Å². The van der Waals surface area contributed by atoms with E-state index in [1.54, 1.807) is 4.90 Å². The number of nitrogens with two attached hydrogens (primary N) is 3. The zero-order valence-electron chi connectivity index (χ0n) is 15.7. The average Bonchev–Trinajstić information content (AvgIpc) is 2.59. The third-order valence-corrected chi connectivity index (χ3v) is 4.36. The van der Waals surface area contributed by atoms with Crippen molar-refractivity contribution in [2.75, 3.05) is 17.2 Å². The van der Waals surface area contributed by atoms with Crippen LogP contribution in [0.5, 0.6) is 5.75 Å². The molecule has 0 aromatic heterocycles. The maximum absolute atomic E-state index is 6.19. The molecular formula is C20H26N6O. The first-order valence-electron chi connectivity index (χ1n) is 8.93. The minimum atomic E-state index is -0.652. The second-order valence-electron chi connectivity index (χ2n) is 6.93. The van der Waals surface area contributed by atoms with Crippen molar-refractivity contribution in [3.05, 3.63) is 54.1 Å².